The lowest BCUT2D eigenvalue weighted by molar-refractivity contribution is -0.225. The van der Waals surface area contributed by atoms with E-state index in [0.717, 1.165) is 19.3 Å². The van der Waals surface area contributed by atoms with E-state index in [1.807, 2.05) is 0 Å². The number of cyclic esters (lactones) is 2. The highest BCUT2D eigenvalue weighted by atomic mass is 16.6. The highest BCUT2D eigenvalue weighted by molar-refractivity contribution is 6.00. The van der Waals surface area contributed by atoms with E-state index >= 15 is 0 Å². The number of Topliss-reactive ketones (excluding diaryl/α,β-unsaturated/α-hetero) is 2. The van der Waals surface area contributed by atoms with Gasteiger partial charge in [0.1, 0.15) is 17.2 Å². The molecule has 31 heavy (non-hydrogen) atoms. The first-order valence-corrected chi connectivity index (χ1v) is 11.7. The van der Waals surface area contributed by atoms with Gasteiger partial charge >= 0.3 is 11.9 Å². The second kappa shape index (κ2) is 4.90. The fourth-order valence-electron chi connectivity index (χ4n) is 10.5. The number of ketones is 2. The number of esters is 2. The van der Waals surface area contributed by atoms with Crippen LogP contribution < -0.4 is 0 Å². The summed E-state index contributed by atoms with van der Waals surface area (Å²) in [5.41, 5.74) is -2.61. The number of rotatable bonds is 1. The number of carbonyl (C=O) groups excluding carboxylic acids is 4. The molecule has 164 valence electrons. The van der Waals surface area contributed by atoms with Gasteiger partial charge in [-0.05, 0) is 43.9 Å². The molecule has 6 heteroatoms. The Hall–Kier alpha value is -1.82. The van der Waals surface area contributed by atoms with Crippen molar-refractivity contribution in [3.63, 3.8) is 0 Å². The van der Waals surface area contributed by atoms with Crippen molar-refractivity contribution in [2.45, 2.75) is 71.0 Å². The molecule has 2 saturated heterocycles. The Bertz CT molecular complexity index is 1040. The molecule has 0 radical (unpaired) electrons. The van der Waals surface area contributed by atoms with Crippen molar-refractivity contribution in [1.82, 2.24) is 0 Å². The lowest BCUT2D eigenvalue weighted by atomic mass is 9.27. The van der Waals surface area contributed by atoms with Crippen LogP contribution in [-0.2, 0) is 28.7 Å². The standard InChI is InChI=1S/C25H28O6/c1-12(26)14-4-5-15-21(14,2)11-16-25(31-16)22(3)7-6-13(27)10-23(22)8-9-24(15,25)18-17(23)19(28)30-20(18)29/h8-9,14-18H,4-7,10-11H2,1-3H3/t14-,15-,16?,17?,18?,21-,22+,23-,24+,25?/m1/s1. The van der Waals surface area contributed by atoms with Crippen LogP contribution in [0.4, 0.5) is 0 Å². The first-order chi connectivity index (χ1) is 14.6. The van der Waals surface area contributed by atoms with Crippen molar-refractivity contribution in [3.05, 3.63) is 12.2 Å². The summed E-state index contributed by atoms with van der Waals surface area (Å²) >= 11 is 0. The maximum Gasteiger partial charge on any atom is 0.318 e. The molecule has 0 aromatic carbocycles. The SMILES string of the molecule is CC(=O)[C@H]1CC[C@@H]2[C@]1(C)CC1OC13[C@@]21C=C[C@@]2(CC(=O)CC[C@]32C)C2C(=O)OC(=O)C21. The summed E-state index contributed by atoms with van der Waals surface area (Å²) < 4.78 is 12.0. The van der Waals surface area contributed by atoms with E-state index in [1.54, 1.807) is 6.92 Å². The summed E-state index contributed by atoms with van der Waals surface area (Å²) in [5.74, 6) is -1.81. The lowest BCUT2D eigenvalue weighted by Crippen LogP contribution is -2.77. The van der Waals surface area contributed by atoms with Gasteiger partial charge in [-0.3, -0.25) is 19.2 Å². The Morgan fingerprint density at radius 3 is 2.55 bits per heavy atom. The van der Waals surface area contributed by atoms with Gasteiger partial charge in [-0.25, -0.2) is 0 Å². The monoisotopic (exact) mass is 424 g/mol. The van der Waals surface area contributed by atoms with Crippen LogP contribution in [0.1, 0.15) is 59.3 Å². The largest absolute Gasteiger partial charge is 0.393 e. The second-order valence-corrected chi connectivity index (χ2v) is 11.9. The van der Waals surface area contributed by atoms with Gasteiger partial charge in [0, 0.05) is 35.0 Å². The number of hydrogen-bond acceptors (Lipinski definition) is 6. The van der Waals surface area contributed by atoms with E-state index in [2.05, 4.69) is 26.0 Å². The van der Waals surface area contributed by atoms with Crippen molar-refractivity contribution in [1.29, 1.82) is 0 Å². The van der Waals surface area contributed by atoms with Gasteiger partial charge in [0.25, 0.3) is 0 Å². The third kappa shape index (κ3) is 1.53. The number of ether oxygens (including phenoxy) is 2. The number of carbonyl (C=O) groups is 4. The normalized spacial score (nSPS) is 60.0. The van der Waals surface area contributed by atoms with Gasteiger partial charge in [-0.2, -0.15) is 0 Å². The summed E-state index contributed by atoms with van der Waals surface area (Å²) in [6.45, 7) is 6.08. The smallest absolute Gasteiger partial charge is 0.318 e. The highest BCUT2D eigenvalue weighted by Crippen LogP contribution is 2.88. The quantitative estimate of drug-likeness (QED) is 0.278. The fourth-order valence-corrected chi connectivity index (χ4v) is 10.5. The first kappa shape index (κ1) is 18.7. The zero-order chi connectivity index (χ0) is 21.8. The number of fused-ring (bicyclic) bond motifs is 1. The zero-order valence-electron chi connectivity index (χ0n) is 18.2. The average molecular weight is 424 g/mol. The van der Waals surface area contributed by atoms with Gasteiger partial charge in [-0.1, -0.05) is 26.0 Å². The molecular formula is C25H28O6. The van der Waals surface area contributed by atoms with Gasteiger partial charge in [0.05, 0.1) is 17.9 Å². The molecule has 2 aliphatic heterocycles. The van der Waals surface area contributed by atoms with Crippen LogP contribution in [-0.4, -0.2) is 35.2 Å². The highest BCUT2D eigenvalue weighted by Gasteiger charge is 2.94. The molecule has 2 bridgehead atoms. The van der Waals surface area contributed by atoms with Crippen molar-refractivity contribution < 1.29 is 28.7 Å². The van der Waals surface area contributed by atoms with Gasteiger partial charge in [0.2, 0.25) is 0 Å². The van der Waals surface area contributed by atoms with Crippen molar-refractivity contribution in [2.24, 2.45) is 45.3 Å². The molecule has 0 amide bonds. The van der Waals surface area contributed by atoms with Crippen LogP contribution in [0.25, 0.3) is 0 Å². The molecule has 4 saturated carbocycles. The Kier molecular flexibility index (Phi) is 2.96. The average Bonchev–Trinajstić information content (AvgIpc) is 3.18. The fraction of sp³-hybridized carbons (Fsp3) is 0.760. The molecule has 0 aromatic heterocycles. The van der Waals surface area contributed by atoms with E-state index in [0.29, 0.717) is 12.8 Å². The summed E-state index contributed by atoms with van der Waals surface area (Å²) in [6, 6.07) is 0. The van der Waals surface area contributed by atoms with Crippen LogP contribution in [0.15, 0.2) is 12.2 Å². The minimum atomic E-state index is -0.723. The molecule has 3 spiro atoms. The Morgan fingerprint density at radius 2 is 1.81 bits per heavy atom. The molecule has 8 aliphatic rings. The van der Waals surface area contributed by atoms with Crippen molar-refractivity contribution >= 4 is 23.5 Å². The van der Waals surface area contributed by atoms with Crippen molar-refractivity contribution in [2.75, 3.05) is 0 Å². The number of hydrogen-bond donors (Lipinski definition) is 0. The van der Waals surface area contributed by atoms with Crippen LogP contribution in [0.5, 0.6) is 0 Å². The van der Waals surface area contributed by atoms with Gasteiger partial charge < -0.3 is 9.47 Å². The maximum absolute atomic E-state index is 13.3. The van der Waals surface area contributed by atoms with Crippen LogP contribution >= 0.6 is 0 Å². The molecule has 4 unspecified atom stereocenters. The Balaban J connectivity index is 1.54. The summed E-state index contributed by atoms with van der Waals surface area (Å²) in [5, 5.41) is 0. The second-order valence-electron chi connectivity index (χ2n) is 11.9. The van der Waals surface area contributed by atoms with E-state index in [9.17, 15) is 19.2 Å². The predicted octanol–water partition coefficient (Wildman–Crippen LogP) is 2.78. The van der Waals surface area contributed by atoms with E-state index < -0.39 is 45.6 Å². The third-order valence-corrected chi connectivity index (χ3v) is 11.4. The third-order valence-electron chi connectivity index (χ3n) is 11.4. The van der Waals surface area contributed by atoms with Crippen LogP contribution in [0.2, 0.25) is 0 Å². The first-order valence-electron chi connectivity index (χ1n) is 11.7. The topological polar surface area (TPSA) is 90.0 Å². The predicted molar refractivity (Wildman–Crippen MR) is 106 cm³/mol. The molecule has 0 N–H and O–H groups in total. The molecule has 2 heterocycles. The summed E-state index contributed by atoms with van der Waals surface area (Å²) in [7, 11) is 0. The van der Waals surface area contributed by atoms with Crippen LogP contribution in [0, 0.1) is 45.3 Å². The van der Waals surface area contributed by atoms with Crippen LogP contribution in [0.3, 0.4) is 0 Å². The molecule has 10 atom stereocenters. The van der Waals surface area contributed by atoms with Gasteiger partial charge in [-0.15, -0.1) is 0 Å². The minimum absolute atomic E-state index is 0.0524. The summed E-state index contributed by atoms with van der Waals surface area (Å²) in [6.07, 6.45) is 8.11. The van der Waals surface area contributed by atoms with Gasteiger partial charge in [0.15, 0.2) is 0 Å². The van der Waals surface area contributed by atoms with E-state index in [-0.39, 0.29) is 41.3 Å². The number of epoxide rings is 1. The zero-order valence-corrected chi connectivity index (χ0v) is 18.2. The molecular weight excluding hydrogens is 396 g/mol. The lowest BCUT2D eigenvalue weighted by Gasteiger charge is -2.72. The molecule has 6 nitrogen and oxygen atoms in total. The Labute approximate surface area is 181 Å². The van der Waals surface area contributed by atoms with E-state index in [1.165, 1.54) is 0 Å². The minimum Gasteiger partial charge on any atom is -0.393 e. The number of allylic oxidation sites excluding steroid dienone is 1. The van der Waals surface area contributed by atoms with E-state index in [4.69, 9.17) is 9.47 Å². The maximum atomic E-state index is 13.3. The molecule has 0 aromatic rings. The Morgan fingerprint density at radius 1 is 1.06 bits per heavy atom. The molecule has 8 rings (SSSR count). The summed E-state index contributed by atoms with van der Waals surface area (Å²) in [4.78, 5) is 51.8. The molecule has 6 aliphatic carbocycles. The van der Waals surface area contributed by atoms with Crippen molar-refractivity contribution in [3.8, 4) is 0 Å². The molecule has 6 fully saturated rings.